The van der Waals surface area contributed by atoms with Gasteiger partial charge < -0.3 is 14.2 Å². The molecule has 0 amide bonds. The Kier molecular flexibility index (Phi) is 5.87. The van der Waals surface area contributed by atoms with Crippen LogP contribution in [0.1, 0.15) is 22.9 Å². The molecule has 0 saturated carbocycles. The number of para-hydroxylation sites is 1. The minimum Gasteiger partial charge on any atom is -0.456 e. The Morgan fingerprint density at radius 3 is 2.02 bits per heavy atom. The van der Waals surface area contributed by atoms with Crippen molar-refractivity contribution in [2.24, 2.45) is 9.98 Å². The SMILES string of the molecule is c1ccc(-c2ccc3oc4cccc(C5=NC(c6ccc7c(c6)oc6ccccc67)N=C(c6cccc7ccccc67)N5)c4c3c2)cc1. The third kappa shape index (κ3) is 4.25. The maximum Gasteiger partial charge on any atom is 0.169 e. The quantitative estimate of drug-likeness (QED) is 0.214. The molecule has 0 spiro atoms. The minimum atomic E-state index is -0.499. The van der Waals surface area contributed by atoms with Gasteiger partial charge in [0, 0.05) is 38.2 Å². The van der Waals surface area contributed by atoms with Crippen LogP contribution in [-0.4, -0.2) is 11.7 Å². The molecular weight excluding hydrogens is 590 g/mol. The number of nitrogens with one attached hydrogen (secondary N) is 1. The van der Waals surface area contributed by atoms with Gasteiger partial charge in [0.2, 0.25) is 0 Å². The van der Waals surface area contributed by atoms with Crippen molar-refractivity contribution in [2.45, 2.75) is 6.17 Å². The fourth-order valence-electron chi connectivity index (χ4n) is 7.04. The van der Waals surface area contributed by atoms with Crippen molar-refractivity contribution in [2.75, 3.05) is 0 Å². The first-order chi connectivity index (χ1) is 23.8. The van der Waals surface area contributed by atoms with Crippen LogP contribution in [0.15, 0.2) is 170 Å². The first-order valence-electron chi connectivity index (χ1n) is 16.1. The molecule has 1 aliphatic heterocycles. The van der Waals surface area contributed by atoms with Crippen molar-refractivity contribution in [1.82, 2.24) is 5.32 Å². The number of fused-ring (bicyclic) bond motifs is 7. The van der Waals surface area contributed by atoms with Gasteiger partial charge in [-0.25, -0.2) is 9.98 Å². The summed E-state index contributed by atoms with van der Waals surface area (Å²) < 4.78 is 12.7. The number of aliphatic imine (C=N–C) groups is 2. The number of hydrogen-bond acceptors (Lipinski definition) is 5. The number of hydrogen-bond donors (Lipinski definition) is 1. The summed E-state index contributed by atoms with van der Waals surface area (Å²) in [4.78, 5) is 10.5. The van der Waals surface area contributed by atoms with Crippen molar-refractivity contribution < 1.29 is 8.83 Å². The molecule has 5 heteroatoms. The number of benzene rings is 7. The molecule has 3 heterocycles. The van der Waals surface area contributed by atoms with Crippen molar-refractivity contribution in [3.63, 3.8) is 0 Å². The molecule has 0 radical (unpaired) electrons. The summed E-state index contributed by atoms with van der Waals surface area (Å²) in [7, 11) is 0. The Balaban J connectivity index is 1.18. The van der Waals surface area contributed by atoms with Crippen molar-refractivity contribution in [3.05, 3.63) is 168 Å². The Morgan fingerprint density at radius 2 is 1.10 bits per heavy atom. The zero-order valence-electron chi connectivity index (χ0n) is 25.7. The van der Waals surface area contributed by atoms with E-state index in [1.165, 1.54) is 0 Å². The molecule has 0 aliphatic carbocycles. The van der Waals surface area contributed by atoms with Crippen molar-refractivity contribution in [1.29, 1.82) is 0 Å². The summed E-state index contributed by atoms with van der Waals surface area (Å²) >= 11 is 0. The number of furan rings is 2. The topological polar surface area (TPSA) is 63.0 Å². The molecule has 10 rings (SSSR count). The second-order valence-electron chi connectivity index (χ2n) is 12.2. The fraction of sp³-hybridized carbons (Fsp3) is 0.0233. The first-order valence-corrected chi connectivity index (χ1v) is 16.1. The second kappa shape index (κ2) is 10.5. The van der Waals surface area contributed by atoms with E-state index in [1.54, 1.807) is 0 Å². The zero-order valence-corrected chi connectivity index (χ0v) is 25.7. The maximum absolute atomic E-state index is 6.41. The third-order valence-corrected chi connectivity index (χ3v) is 9.34. The highest BCUT2D eigenvalue weighted by Crippen LogP contribution is 2.37. The summed E-state index contributed by atoms with van der Waals surface area (Å²) in [5.41, 5.74) is 8.56. The zero-order chi connectivity index (χ0) is 31.6. The van der Waals surface area contributed by atoms with E-state index in [0.717, 1.165) is 94.1 Å². The molecule has 7 aromatic carbocycles. The van der Waals surface area contributed by atoms with E-state index in [1.807, 2.05) is 36.4 Å². The van der Waals surface area contributed by atoms with E-state index in [0.29, 0.717) is 0 Å². The Labute approximate surface area is 275 Å². The molecule has 5 nitrogen and oxygen atoms in total. The highest BCUT2D eigenvalue weighted by Gasteiger charge is 2.25. The van der Waals surface area contributed by atoms with E-state index in [2.05, 4.69) is 121 Å². The number of rotatable bonds is 4. The first kappa shape index (κ1) is 26.7. The van der Waals surface area contributed by atoms with Crippen LogP contribution in [0.25, 0.3) is 65.8 Å². The van der Waals surface area contributed by atoms with Gasteiger partial charge in [-0.15, -0.1) is 0 Å². The molecule has 1 N–H and O–H groups in total. The molecule has 9 aromatic rings. The molecule has 0 saturated heterocycles. The average molecular weight is 618 g/mol. The molecule has 0 fully saturated rings. The van der Waals surface area contributed by atoms with Crippen LogP contribution in [0.3, 0.4) is 0 Å². The molecule has 48 heavy (non-hydrogen) atoms. The van der Waals surface area contributed by atoms with Gasteiger partial charge in [-0.3, -0.25) is 0 Å². The summed E-state index contributed by atoms with van der Waals surface area (Å²) in [6.07, 6.45) is -0.499. The summed E-state index contributed by atoms with van der Waals surface area (Å²) in [5.74, 6) is 1.50. The van der Waals surface area contributed by atoms with E-state index in [-0.39, 0.29) is 0 Å². The second-order valence-corrected chi connectivity index (χ2v) is 12.2. The van der Waals surface area contributed by atoms with Crippen LogP contribution in [-0.2, 0) is 0 Å². The monoisotopic (exact) mass is 617 g/mol. The van der Waals surface area contributed by atoms with Gasteiger partial charge in [0.1, 0.15) is 34.0 Å². The lowest BCUT2D eigenvalue weighted by Crippen LogP contribution is -2.36. The van der Waals surface area contributed by atoms with E-state index in [4.69, 9.17) is 18.8 Å². The van der Waals surface area contributed by atoms with Gasteiger partial charge in [-0.2, -0.15) is 0 Å². The van der Waals surface area contributed by atoms with Gasteiger partial charge in [-0.05, 0) is 52.2 Å². The molecular formula is C43H27N3O2. The van der Waals surface area contributed by atoms with Crippen LogP contribution >= 0.6 is 0 Å². The molecule has 226 valence electrons. The number of nitrogens with zero attached hydrogens (tertiary/aromatic N) is 2. The van der Waals surface area contributed by atoms with Crippen molar-refractivity contribution in [3.8, 4) is 11.1 Å². The van der Waals surface area contributed by atoms with Crippen molar-refractivity contribution >= 4 is 66.3 Å². The largest absolute Gasteiger partial charge is 0.456 e. The van der Waals surface area contributed by atoms with Crippen LogP contribution in [0.5, 0.6) is 0 Å². The molecule has 1 aliphatic rings. The summed E-state index contributed by atoms with van der Waals surface area (Å²) in [6.45, 7) is 0. The van der Waals surface area contributed by atoms with Crippen LogP contribution in [0, 0.1) is 0 Å². The summed E-state index contributed by atoms with van der Waals surface area (Å²) in [5, 5.41) is 10.2. The molecule has 0 bridgehead atoms. The standard InChI is InChI=1S/C43H27N3O2/c1-2-10-26(11-3-1)28-21-23-37-35(24-28)40-34(17-9-19-38(40)47-37)43-45-41(29-20-22-32-31-15-6-7-18-36(31)48-39(32)25-29)44-42(46-43)33-16-8-13-27-12-4-5-14-30(27)33/h1-25,41H,(H,44,45,46). The Bertz CT molecular complexity index is 2760. The smallest absolute Gasteiger partial charge is 0.169 e. The van der Waals surface area contributed by atoms with Crippen LogP contribution in [0.2, 0.25) is 0 Å². The van der Waals surface area contributed by atoms with E-state index >= 15 is 0 Å². The lowest BCUT2D eigenvalue weighted by Gasteiger charge is -2.23. The molecule has 1 atom stereocenters. The van der Waals surface area contributed by atoms with E-state index in [9.17, 15) is 0 Å². The lowest BCUT2D eigenvalue weighted by atomic mass is 9.99. The van der Waals surface area contributed by atoms with Crippen LogP contribution in [0.4, 0.5) is 0 Å². The molecule has 2 aromatic heterocycles. The van der Waals surface area contributed by atoms with Gasteiger partial charge in [-0.1, -0.05) is 121 Å². The number of amidine groups is 2. The summed E-state index contributed by atoms with van der Waals surface area (Å²) in [6, 6.07) is 52.2. The van der Waals surface area contributed by atoms with Gasteiger partial charge in [0.15, 0.2) is 6.17 Å². The normalized spacial score (nSPS) is 14.9. The highest BCUT2D eigenvalue weighted by atomic mass is 16.3. The minimum absolute atomic E-state index is 0.499. The Hall–Kier alpha value is -6.46. The third-order valence-electron chi connectivity index (χ3n) is 9.34. The predicted molar refractivity (Wildman–Crippen MR) is 196 cm³/mol. The van der Waals surface area contributed by atoms with Gasteiger partial charge >= 0.3 is 0 Å². The fourth-order valence-corrected chi connectivity index (χ4v) is 7.04. The van der Waals surface area contributed by atoms with Crippen LogP contribution < -0.4 is 5.32 Å². The Morgan fingerprint density at radius 1 is 0.438 bits per heavy atom. The van der Waals surface area contributed by atoms with E-state index < -0.39 is 6.17 Å². The molecule has 1 unspecified atom stereocenters. The maximum atomic E-state index is 6.41. The van der Waals surface area contributed by atoms with Gasteiger partial charge in [0.25, 0.3) is 0 Å². The van der Waals surface area contributed by atoms with Gasteiger partial charge in [0.05, 0.1) is 0 Å². The lowest BCUT2D eigenvalue weighted by molar-refractivity contribution is 0.665. The predicted octanol–water partition coefficient (Wildman–Crippen LogP) is 10.8. The highest BCUT2D eigenvalue weighted by molar-refractivity contribution is 6.25. The average Bonchev–Trinajstić information content (AvgIpc) is 3.72.